The molecule has 1 atom stereocenters. The van der Waals surface area contributed by atoms with Crippen LogP contribution in [0, 0.1) is 0 Å². The van der Waals surface area contributed by atoms with Crippen molar-refractivity contribution in [2.75, 3.05) is 7.11 Å². The summed E-state index contributed by atoms with van der Waals surface area (Å²) in [5.41, 5.74) is 2.90. The van der Waals surface area contributed by atoms with Gasteiger partial charge in [-0.1, -0.05) is 39.8 Å². The highest BCUT2D eigenvalue weighted by atomic mass is 16.5. The van der Waals surface area contributed by atoms with Crippen molar-refractivity contribution >= 4 is 5.97 Å². The molecule has 1 aromatic rings. The van der Waals surface area contributed by atoms with Crippen molar-refractivity contribution in [3.8, 4) is 5.75 Å². The number of carbonyl (C=O) groups is 1. The van der Waals surface area contributed by atoms with Crippen molar-refractivity contribution in [1.29, 1.82) is 0 Å². The van der Waals surface area contributed by atoms with Crippen LogP contribution < -0.4 is 4.74 Å². The van der Waals surface area contributed by atoms with Crippen molar-refractivity contribution in [2.45, 2.75) is 52.4 Å². The topological polar surface area (TPSA) is 46.5 Å². The zero-order chi connectivity index (χ0) is 14.8. The molecule has 19 heavy (non-hydrogen) atoms. The standard InChI is InChI=1S/C16H24O3/c1-7-11-8-12(10(2)15(17)18)14(19-6)13(9-11)16(3,4)5/h8-10H,7H2,1-6H3,(H,17,18). The molecule has 0 aromatic heterocycles. The van der Waals surface area contributed by atoms with E-state index in [9.17, 15) is 9.90 Å². The van der Waals surface area contributed by atoms with Gasteiger partial charge in [-0.3, -0.25) is 4.79 Å². The summed E-state index contributed by atoms with van der Waals surface area (Å²) in [6, 6.07) is 4.07. The molecule has 0 aliphatic heterocycles. The van der Waals surface area contributed by atoms with Crippen LogP contribution in [0.1, 0.15) is 57.2 Å². The highest BCUT2D eigenvalue weighted by molar-refractivity contribution is 5.77. The third-order valence-electron chi connectivity index (χ3n) is 3.43. The smallest absolute Gasteiger partial charge is 0.310 e. The highest BCUT2D eigenvalue weighted by Gasteiger charge is 2.26. The highest BCUT2D eigenvalue weighted by Crippen LogP contribution is 2.38. The van der Waals surface area contributed by atoms with Crippen LogP contribution in [0.2, 0.25) is 0 Å². The van der Waals surface area contributed by atoms with E-state index in [-0.39, 0.29) is 5.41 Å². The maximum atomic E-state index is 11.3. The molecule has 1 N–H and O–H groups in total. The molecule has 1 aromatic carbocycles. The number of aryl methyl sites for hydroxylation is 1. The fourth-order valence-corrected chi connectivity index (χ4v) is 2.16. The Kier molecular flexibility index (Phi) is 4.61. The van der Waals surface area contributed by atoms with Gasteiger partial charge in [0.1, 0.15) is 5.75 Å². The largest absolute Gasteiger partial charge is 0.496 e. The van der Waals surface area contributed by atoms with Crippen LogP contribution in [-0.2, 0) is 16.6 Å². The molecule has 0 aliphatic rings. The second-order valence-electron chi connectivity index (χ2n) is 5.93. The summed E-state index contributed by atoms with van der Waals surface area (Å²) in [7, 11) is 1.61. The van der Waals surface area contributed by atoms with Gasteiger partial charge in [0.2, 0.25) is 0 Å². The maximum Gasteiger partial charge on any atom is 0.310 e. The lowest BCUT2D eigenvalue weighted by Gasteiger charge is -2.26. The third kappa shape index (κ3) is 3.28. The number of aliphatic carboxylic acids is 1. The Morgan fingerprint density at radius 1 is 1.37 bits per heavy atom. The van der Waals surface area contributed by atoms with Crippen LogP contribution in [0.4, 0.5) is 0 Å². The summed E-state index contributed by atoms with van der Waals surface area (Å²) < 4.78 is 5.51. The first-order valence-electron chi connectivity index (χ1n) is 6.66. The van der Waals surface area contributed by atoms with E-state index in [4.69, 9.17) is 4.74 Å². The summed E-state index contributed by atoms with van der Waals surface area (Å²) in [6.45, 7) is 10.1. The summed E-state index contributed by atoms with van der Waals surface area (Å²) in [5.74, 6) is -0.687. The lowest BCUT2D eigenvalue weighted by molar-refractivity contribution is -0.138. The fraction of sp³-hybridized carbons (Fsp3) is 0.562. The van der Waals surface area contributed by atoms with Crippen LogP contribution >= 0.6 is 0 Å². The fourth-order valence-electron chi connectivity index (χ4n) is 2.16. The Balaban J connectivity index is 3.57. The third-order valence-corrected chi connectivity index (χ3v) is 3.43. The molecule has 0 spiro atoms. The number of benzene rings is 1. The monoisotopic (exact) mass is 264 g/mol. The number of hydrogen-bond donors (Lipinski definition) is 1. The maximum absolute atomic E-state index is 11.3. The van der Waals surface area contributed by atoms with E-state index < -0.39 is 11.9 Å². The molecular weight excluding hydrogens is 240 g/mol. The Bertz CT molecular complexity index is 470. The predicted octanol–water partition coefficient (Wildman–Crippen LogP) is 3.74. The molecule has 1 unspecified atom stereocenters. The van der Waals surface area contributed by atoms with Gasteiger partial charge in [-0.15, -0.1) is 0 Å². The first-order valence-corrected chi connectivity index (χ1v) is 6.66. The van der Waals surface area contributed by atoms with E-state index in [1.807, 2.05) is 6.07 Å². The van der Waals surface area contributed by atoms with Crippen LogP contribution in [0.3, 0.4) is 0 Å². The van der Waals surface area contributed by atoms with Crippen molar-refractivity contribution in [1.82, 2.24) is 0 Å². The van der Waals surface area contributed by atoms with Gasteiger partial charge < -0.3 is 9.84 Å². The minimum Gasteiger partial charge on any atom is -0.496 e. The van der Waals surface area contributed by atoms with Gasteiger partial charge in [-0.2, -0.15) is 0 Å². The zero-order valence-corrected chi connectivity index (χ0v) is 12.7. The molecule has 3 nitrogen and oxygen atoms in total. The van der Waals surface area contributed by atoms with E-state index in [0.717, 1.165) is 23.1 Å². The summed E-state index contributed by atoms with van der Waals surface area (Å²) in [4.78, 5) is 11.3. The molecule has 0 heterocycles. The molecule has 0 saturated carbocycles. The van der Waals surface area contributed by atoms with E-state index >= 15 is 0 Å². The Hall–Kier alpha value is -1.51. The van der Waals surface area contributed by atoms with Gasteiger partial charge in [0.05, 0.1) is 13.0 Å². The molecule has 0 radical (unpaired) electrons. The van der Waals surface area contributed by atoms with Crippen LogP contribution in [0.25, 0.3) is 0 Å². The normalized spacial score (nSPS) is 13.2. The van der Waals surface area contributed by atoms with Crippen molar-refractivity contribution < 1.29 is 14.6 Å². The average molecular weight is 264 g/mol. The Morgan fingerprint density at radius 2 is 1.95 bits per heavy atom. The molecule has 0 fully saturated rings. The predicted molar refractivity (Wildman–Crippen MR) is 77.1 cm³/mol. The van der Waals surface area contributed by atoms with Gasteiger partial charge in [0.15, 0.2) is 0 Å². The van der Waals surface area contributed by atoms with Crippen molar-refractivity contribution in [2.24, 2.45) is 0 Å². The first-order chi connectivity index (χ1) is 8.72. The van der Waals surface area contributed by atoms with Gasteiger partial charge in [0, 0.05) is 11.1 Å². The van der Waals surface area contributed by atoms with Crippen LogP contribution in [-0.4, -0.2) is 18.2 Å². The molecule has 0 bridgehead atoms. The number of methoxy groups -OCH3 is 1. The summed E-state index contributed by atoms with van der Waals surface area (Å²) >= 11 is 0. The Morgan fingerprint density at radius 3 is 2.32 bits per heavy atom. The lowest BCUT2D eigenvalue weighted by Crippen LogP contribution is -2.17. The van der Waals surface area contributed by atoms with E-state index in [1.165, 1.54) is 0 Å². The Labute approximate surface area is 115 Å². The number of rotatable bonds is 4. The van der Waals surface area contributed by atoms with Gasteiger partial charge in [0.25, 0.3) is 0 Å². The van der Waals surface area contributed by atoms with Crippen LogP contribution in [0.15, 0.2) is 12.1 Å². The summed E-state index contributed by atoms with van der Waals surface area (Å²) in [6.07, 6.45) is 0.881. The van der Waals surface area contributed by atoms with E-state index in [1.54, 1.807) is 14.0 Å². The first kappa shape index (κ1) is 15.5. The summed E-state index contributed by atoms with van der Waals surface area (Å²) in [5, 5.41) is 9.26. The van der Waals surface area contributed by atoms with Gasteiger partial charge in [-0.25, -0.2) is 0 Å². The van der Waals surface area contributed by atoms with Crippen molar-refractivity contribution in [3.63, 3.8) is 0 Å². The quantitative estimate of drug-likeness (QED) is 0.901. The minimum absolute atomic E-state index is 0.0799. The van der Waals surface area contributed by atoms with Gasteiger partial charge >= 0.3 is 5.97 Å². The number of hydrogen-bond acceptors (Lipinski definition) is 2. The molecule has 0 saturated heterocycles. The zero-order valence-electron chi connectivity index (χ0n) is 12.7. The lowest BCUT2D eigenvalue weighted by atomic mass is 9.82. The molecule has 0 aliphatic carbocycles. The van der Waals surface area contributed by atoms with Crippen LogP contribution in [0.5, 0.6) is 5.75 Å². The second kappa shape index (κ2) is 5.64. The van der Waals surface area contributed by atoms with E-state index in [0.29, 0.717) is 5.75 Å². The SMILES string of the molecule is CCc1cc(C(C)C(=O)O)c(OC)c(C(C)(C)C)c1. The minimum atomic E-state index is -0.827. The number of carboxylic acid groups (broad SMARTS) is 1. The molecule has 106 valence electrons. The molecular formula is C16H24O3. The number of ether oxygens (including phenoxy) is 1. The van der Waals surface area contributed by atoms with Crippen molar-refractivity contribution in [3.05, 3.63) is 28.8 Å². The number of carboxylic acids is 1. The molecule has 1 rings (SSSR count). The van der Waals surface area contributed by atoms with E-state index in [2.05, 4.69) is 33.8 Å². The van der Waals surface area contributed by atoms with Gasteiger partial charge in [-0.05, 0) is 24.3 Å². The molecule has 3 heteroatoms. The molecule has 0 amide bonds. The second-order valence-corrected chi connectivity index (χ2v) is 5.93. The average Bonchev–Trinajstić information content (AvgIpc) is 2.34.